The highest BCUT2D eigenvalue weighted by Crippen LogP contribution is 2.35. The third kappa shape index (κ3) is 3.55. The first kappa shape index (κ1) is 14.9. The largest absolute Gasteiger partial charge is 0.496 e. The van der Waals surface area contributed by atoms with Crippen molar-refractivity contribution in [3.8, 4) is 5.75 Å². The number of alkyl halides is 3. The highest BCUT2D eigenvalue weighted by molar-refractivity contribution is 7.15. The predicted molar refractivity (Wildman–Crippen MR) is 72.4 cm³/mol. The van der Waals surface area contributed by atoms with Gasteiger partial charge in [0.05, 0.1) is 13.3 Å². The number of nitrogens with one attached hydrogen (secondary N) is 1. The van der Waals surface area contributed by atoms with E-state index >= 15 is 0 Å². The third-order valence-electron chi connectivity index (χ3n) is 2.46. The van der Waals surface area contributed by atoms with Crippen molar-refractivity contribution in [2.45, 2.75) is 12.7 Å². The second-order valence-corrected chi connectivity index (χ2v) is 5.30. The van der Waals surface area contributed by atoms with E-state index < -0.39 is 11.1 Å². The van der Waals surface area contributed by atoms with E-state index in [4.69, 9.17) is 16.3 Å². The van der Waals surface area contributed by atoms with Gasteiger partial charge in [-0.1, -0.05) is 29.0 Å². The fraction of sp³-hybridized carbons (Fsp3) is 0.250. The molecule has 3 nitrogen and oxygen atoms in total. The monoisotopic (exact) mass is 322 g/mol. The van der Waals surface area contributed by atoms with E-state index in [9.17, 15) is 13.2 Å². The van der Waals surface area contributed by atoms with Gasteiger partial charge in [0.25, 0.3) is 0 Å². The quantitative estimate of drug-likeness (QED) is 0.904. The number of thiazole rings is 1. The summed E-state index contributed by atoms with van der Waals surface area (Å²) in [7, 11) is 1.50. The molecule has 1 aromatic heterocycles. The Bertz CT molecular complexity index is 601. The summed E-state index contributed by atoms with van der Waals surface area (Å²) in [6.45, 7) is 0.297. The van der Waals surface area contributed by atoms with Gasteiger partial charge in [-0.3, -0.25) is 0 Å². The Kier molecular flexibility index (Phi) is 4.39. The predicted octanol–water partition coefficient (Wildman–Crippen LogP) is 4.44. The van der Waals surface area contributed by atoms with Gasteiger partial charge < -0.3 is 10.1 Å². The van der Waals surface area contributed by atoms with Crippen molar-refractivity contribution < 1.29 is 17.9 Å². The van der Waals surface area contributed by atoms with Gasteiger partial charge in [0.15, 0.2) is 5.13 Å². The smallest absolute Gasteiger partial charge is 0.427 e. The van der Waals surface area contributed by atoms with Gasteiger partial charge in [0.2, 0.25) is 0 Å². The number of hydrogen-bond donors (Lipinski definition) is 1. The van der Waals surface area contributed by atoms with Crippen LogP contribution in [0.2, 0.25) is 5.02 Å². The molecule has 0 radical (unpaired) electrons. The molecule has 0 atom stereocenters. The van der Waals surface area contributed by atoms with Crippen LogP contribution in [0.1, 0.15) is 10.4 Å². The SMILES string of the molecule is COc1cc(Cl)ccc1CNc1ncc(C(F)(F)F)s1. The van der Waals surface area contributed by atoms with Crippen LogP contribution in [0.25, 0.3) is 0 Å². The van der Waals surface area contributed by atoms with Gasteiger partial charge in [-0.2, -0.15) is 13.2 Å². The summed E-state index contributed by atoms with van der Waals surface area (Å²) in [6, 6.07) is 5.07. The van der Waals surface area contributed by atoms with E-state index in [0.29, 0.717) is 28.7 Å². The van der Waals surface area contributed by atoms with Gasteiger partial charge >= 0.3 is 6.18 Å². The molecular formula is C12H10ClF3N2OS. The molecule has 0 saturated heterocycles. The molecule has 20 heavy (non-hydrogen) atoms. The molecule has 1 N–H and O–H groups in total. The first-order valence-corrected chi connectivity index (χ1v) is 6.69. The topological polar surface area (TPSA) is 34.1 Å². The first-order chi connectivity index (χ1) is 9.40. The molecule has 0 aliphatic carbocycles. The van der Waals surface area contributed by atoms with Crippen molar-refractivity contribution in [3.05, 3.63) is 39.9 Å². The number of ether oxygens (including phenoxy) is 1. The van der Waals surface area contributed by atoms with Gasteiger partial charge in [0.1, 0.15) is 10.6 Å². The van der Waals surface area contributed by atoms with Crippen LogP contribution in [0.4, 0.5) is 18.3 Å². The van der Waals surface area contributed by atoms with Crippen LogP contribution in [0.3, 0.4) is 0 Å². The van der Waals surface area contributed by atoms with Crippen LogP contribution in [-0.2, 0) is 12.7 Å². The maximum atomic E-state index is 12.4. The molecule has 108 valence electrons. The van der Waals surface area contributed by atoms with Gasteiger partial charge in [-0.05, 0) is 12.1 Å². The normalized spacial score (nSPS) is 11.4. The van der Waals surface area contributed by atoms with Crippen molar-refractivity contribution in [2.24, 2.45) is 0 Å². The zero-order chi connectivity index (χ0) is 14.8. The van der Waals surface area contributed by atoms with E-state index in [1.165, 1.54) is 7.11 Å². The van der Waals surface area contributed by atoms with Gasteiger partial charge in [-0.15, -0.1) is 0 Å². The van der Waals surface area contributed by atoms with Crippen LogP contribution in [-0.4, -0.2) is 12.1 Å². The fourth-order valence-corrected chi connectivity index (χ4v) is 2.36. The Balaban J connectivity index is 2.07. The Morgan fingerprint density at radius 1 is 1.40 bits per heavy atom. The van der Waals surface area contributed by atoms with E-state index in [2.05, 4.69) is 10.3 Å². The molecular weight excluding hydrogens is 313 g/mol. The molecule has 1 aromatic carbocycles. The molecule has 8 heteroatoms. The van der Waals surface area contributed by atoms with Crippen LogP contribution in [0.15, 0.2) is 24.4 Å². The number of rotatable bonds is 4. The first-order valence-electron chi connectivity index (χ1n) is 5.49. The van der Waals surface area contributed by atoms with Crippen molar-refractivity contribution in [1.82, 2.24) is 4.98 Å². The second kappa shape index (κ2) is 5.88. The summed E-state index contributed by atoms with van der Waals surface area (Å²) < 4.78 is 42.5. The minimum atomic E-state index is -4.37. The maximum Gasteiger partial charge on any atom is 0.427 e. The Morgan fingerprint density at radius 3 is 2.75 bits per heavy atom. The molecule has 0 unspecified atom stereocenters. The fourth-order valence-electron chi connectivity index (χ4n) is 1.52. The van der Waals surface area contributed by atoms with Crippen LogP contribution >= 0.6 is 22.9 Å². The van der Waals surface area contributed by atoms with Crippen molar-refractivity contribution in [2.75, 3.05) is 12.4 Å². The highest BCUT2D eigenvalue weighted by atomic mass is 35.5. The molecule has 0 aliphatic heterocycles. The molecule has 0 spiro atoms. The molecule has 0 bridgehead atoms. The minimum Gasteiger partial charge on any atom is -0.496 e. The summed E-state index contributed by atoms with van der Waals surface area (Å²) in [5.74, 6) is 0.567. The lowest BCUT2D eigenvalue weighted by molar-refractivity contribution is -0.134. The van der Waals surface area contributed by atoms with Crippen LogP contribution in [0, 0.1) is 0 Å². The summed E-state index contributed by atoms with van der Waals surface area (Å²) in [5, 5.41) is 3.56. The Labute approximate surface area is 122 Å². The average Bonchev–Trinajstić information content (AvgIpc) is 2.86. The van der Waals surface area contributed by atoms with E-state index in [1.807, 2.05) is 0 Å². The number of benzene rings is 1. The molecule has 2 aromatic rings. The number of aromatic nitrogens is 1. The van der Waals surface area contributed by atoms with E-state index in [0.717, 1.165) is 11.8 Å². The zero-order valence-corrected chi connectivity index (χ0v) is 11.9. The van der Waals surface area contributed by atoms with Crippen molar-refractivity contribution in [3.63, 3.8) is 0 Å². The lowest BCUT2D eigenvalue weighted by Crippen LogP contribution is -2.01. The minimum absolute atomic E-state index is 0.203. The molecule has 2 rings (SSSR count). The standard InChI is InChI=1S/C12H10ClF3N2OS/c1-19-9-4-8(13)3-2-7(9)5-17-11-18-6-10(20-11)12(14,15)16/h2-4,6H,5H2,1H3,(H,17,18). The number of halogens is 4. The van der Waals surface area contributed by atoms with Crippen molar-refractivity contribution >= 4 is 28.1 Å². The third-order valence-corrected chi connectivity index (χ3v) is 3.70. The molecule has 0 amide bonds. The highest BCUT2D eigenvalue weighted by Gasteiger charge is 2.33. The average molecular weight is 323 g/mol. The zero-order valence-electron chi connectivity index (χ0n) is 10.3. The summed E-state index contributed by atoms with van der Waals surface area (Å²) in [4.78, 5) is 2.96. The van der Waals surface area contributed by atoms with E-state index in [1.54, 1.807) is 18.2 Å². The second-order valence-electron chi connectivity index (χ2n) is 3.84. The number of nitrogens with zero attached hydrogens (tertiary/aromatic N) is 1. The molecule has 1 heterocycles. The number of methoxy groups -OCH3 is 1. The number of hydrogen-bond acceptors (Lipinski definition) is 4. The van der Waals surface area contributed by atoms with E-state index in [-0.39, 0.29) is 5.13 Å². The summed E-state index contributed by atoms with van der Waals surface area (Å²) in [6.07, 6.45) is -3.55. The summed E-state index contributed by atoms with van der Waals surface area (Å²) >= 11 is 6.39. The van der Waals surface area contributed by atoms with Crippen LogP contribution < -0.4 is 10.1 Å². The Hall–Kier alpha value is -1.47. The van der Waals surface area contributed by atoms with Crippen molar-refractivity contribution in [1.29, 1.82) is 0 Å². The van der Waals surface area contributed by atoms with Gasteiger partial charge in [0, 0.05) is 17.1 Å². The van der Waals surface area contributed by atoms with Gasteiger partial charge in [-0.25, -0.2) is 4.98 Å². The molecule has 0 aliphatic rings. The molecule has 0 fully saturated rings. The molecule has 0 saturated carbocycles. The maximum absolute atomic E-state index is 12.4. The lowest BCUT2D eigenvalue weighted by atomic mass is 10.2. The summed E-state index contributed by atoms with van der Waals surface area (Å²) in [5.41, 5.74) is 0.778. The lowest BCUT2D eigenvalue weighted by Gasteiger charge is -2.09. The Morgan fingerprint density at radius 2 is 2.15 bits per heavy atom. The number of anilines is 1. The van der Waals surface area contributed by atoms with Crippen LogP contribution in [0.5, 0.6) is 5.75 Å².